The number of hydrogen-bond acceptors (Lipinski definition) is 3. The molecule has 21 heavy (non-hydrogen) atoms. The number of nitrogens with zero attached hydrogens (tertiary/aromatic N) is 1. The Balaban J connectivity index is 2.50. The van der Waals surface area contributed by atoms with Crippen LogP contribution in [0.15, 0.2) is 24.3 Å². The van der Waals surface area contributed by atoms with E-state index in [1.54, 1.807) is 36.3 Å². The Morgan fingerprint density at radius 3 is 2.38 bits per heavy atom. The molecule has 0 spiro atoms. The third-order valence-corrected chi connectivity index (χ3v) is 3.48. The molecule has 1 N–H and O–H groups in total. The van der Waals surface area contributed by atoms with Crippen LogP contribution in [-0.2, 0) is 9.59 Å². The van der Waals surface area contributed by atoms with Crippen molar-refractivity contribution in [2.24, 2.45) is 0 Å². The topological polar surface area (TPSA) is 58.6 Å². The van der Waals surface area contributed by atoms with E-state index in [0.717, 1.165) is 17.9 Å². The third kappa shape index (κ3) is 5.45. The fraction of sp³-hybridized carbons (Fsp3) is 0.500. The van der Waals surface area contributed by atoms with Crippen molar-refractivity contribution in [3.05, 3.63) is 24.3 Å². The van der Waals surface area contributed by atoms with Gasteiger partial charge in [-0.2, -0.15) is 0 Å². The molecule has 0 aromatic heterocycles. The van der Waals surface area contributed by atoms with Crippen LogP contribution in [-0.4, -0.2) is 36.4 Å². The Kier molecular flexibility index (Phi) is 6.72. The van der Waals surface area contributed by atoms with Crippen molar-refractivity contribution >= 4 is 17.5 Å². The minimum atomic E-state index is -0.102. The van der Waals surface area contributed by atoms with Gasteiger partial charge in [-0.15, -0.1) is 0 Å². The number of benzene rings is 1. The molecular formula is C16H24N2O3. The van der Waals surface area contributed by atoms with Gasteiger partial charge < -0.3 is 15.0 Å². The highest BCUT2D eigenvalue weighted by atomic mass is 16.5. The van der Waals surface area contributed by atoms with Crippen molar-refractivity contribution in [1.82, 2.24) is 4.90 Å². The van der Waals surface area contributed by atoms with Gasteiger partial charge in [0.2, 0.25) is 11.8 Å². The maximum atomic E-state index is 11.9. The average molecular weight is 292 g/mol. The summed E-state index contributed by atoms with van der Waals surface area (Å²) in [6, 6.07) is 7.30. The van der Waals surface area contributed by atoms with Crippen molar-refractivity contribution in [2.45, 2.75) is 39.7 Å². The normalized spacial score (nSPS) is 11.6. The molecule has 1 rings (SSSR count). The van der Waals surface area contributed by atoms with Crippen molar-refractivity contribution in [2.75, 3.05) is 19.0 Å². The highest BCUT2D eigenvalue weighted by Crippen LogP contribution is 2.15. The van der Waals surface area contributed by atoms with Crippen LogP contribution in [0.25, 0.3) is 0 Å². The zero-order valence-corrected chi connectivity index (χ0v) is 13.2. The zero-order valence-electron chi connectivity index (χ0n) is 13.2. The van der Waals surface area contributed by atoms with E-state index >= 15 is 0 Å². The van der Waals surface area contributed by atoms with Crippen molar-refractivity contribution in [1.29, 1.82) is 0 Å². The second kappa shape index (κ2) is 8.29. The monoisotopic (exact) mass is 292 g/mol. The minimum absolute atomic E-state index is 0.00148. The Morgan fingerprint density at radius 1 is 1.29 bits per heavy atom. The number of carbonyl (C=O) groups is 2. The number of methoxy groups -OCH3 is 1. The quantitative estimate of drug-likeness (QED) is 0.840. The van der Waals surface area contributed by atoms with Crippen LogP contribution in [0.1, 0.15) is 33.6 Å². The first-order valence-electron chi connectivity index (χ1n) is 7.19. The van der Waals surface area contributed by atoms with Gasteiger partial charge in [-0.05, 0) is 37.6 Å². The number of hydrogen-bond donors (Lipinski definition) is 1. The number of rotatable bonds is 7. The summed E-state index contributed by atoms with van der Waals surface area (Å²) in [5.74, 6) is 0.642. The van der Waals surface area contributed by atoms with Gasteiger partial charge in [-0.25, -0.2) is 0 Å². The van der Waals surface area contributed by atoms with Crippen LogP contribution in [0.3, 0.4) is 0 Å². The summed E-state index contributed by atoms with van der Waals surface area (Å²) in [4.78, 5) is 25.2. The average Bonchev–Trinajstić information content (AvgIpc) is 2.47. The molecule has 0 aliphatic heterocycles. The van der Waals surface area contributed by atoms with E-state index in [4.69, 9.17) is 4.74 Å². The SMILES string of the molecule is CCC(C)N(CCC(=O)Nc1ccc(OC)cc1)C(C)=O. The van der Waals surface area contributed by atoms with E-state index < -0.39 is 0 Å². The van der Waals surface area contributed by atoms with Gasteiger partial charge in [0.25, 0.3) is 0 Å². The molecule has 1 unspecified atom stereocenters. The smallest absolute Gasteiger partial charge is 0.226 e. The second-order valence-corrected chi connectivity index (χ2v) is 5.00. The molecule has 0 bridgehead atoms. The van der Waals surface area contributed by atoms with Gasteiger partial charge in [-0.1, -0.05) is 6.92 Å². The molecule has 2 amide bonds. The molecule has 116 valence electrons. The summed E-state index contributed by atoms with van der Waals surface area (Å²) < 4.78 is 5.06. The summed E-state index contributed by atoms with van der Waals surface area (Å²) in [5, 5.41) is 2.81. The molecule has 0 fully saturated rings. The molecule has 0 saturated carbocycles. The van der Waals surface area contributed by atoms with Gasteiger partial charge in [0, 0.05) is 31.6 Å². The lowest BCUT2D eigenvalue weighted by Gasteiger charge is -2.27. The zero-order chi connectivity index (χ0) is 15.8. The number of amides is 2. The standard InChI is InChI=1S/C16H24N2O3/c1-5-12(2)18(13(3)19)11-10-16(20)17-14-6-8-15(21-4)9-7-14/h6-9,12H,5,10-11H2,1-4H3,(H,17,20). The Bertz CT molecular complexity index is 471. The summed E-state index contributed by atoms with van der Waals surface area (Å²) in [5.41, 5.74) is 0.721. The van der Waals surface area contributed by atoms with E-state index in [1.807, 2.05) is 13.8 Å². The molecule has 0 aliphatic rings. The van der Waals surface area contributed by atoms with Crippen LogP contribution in [0.2, 0.25) is 0 Å². The second-order valence-electron chi connectivity index (χ2n) is 5.00. The van der Waals surface area contributed by atoms with Crippen LogP contribution in [0, 0.1) is 0 Å². The largest absolute Gasteiger partial charge is 0.497 e. The highest BCUT2D eigenvalue weighted by molar-refractivity contribution is 5.91. The number of carbonyl (C=O) groups excluding carboxylic acids is 2. The molecule has 1 atom stereocenters. The summed E-state index contributed by atoms with van der Waals surface area (Å²) in [6.07, 6.45) is 1.16. The summed E-state index contributed by atoms with van der Waals surface area (Å²) in [6.45, 7) is 5.99. The first-order chi connectivity index (χ1) is 9.97. The van der Waals surface area contributed by atoms with E-state index in [-0.39, 0.29) is 24.3 Å². The lowest BCUT2D eigenvalue weighted by Crippen LogP contribution is -2.38. The van der Waals surface area contributed by atoms with Gasteiger partial charge in [0.1, 0.15) is 5.75 Å². The predicted molar refractivity (Wildman–Crippen MR) is 83.4 cm³/mol. The first-order valence-corrected chi connectivity index (χ1v) is 7.19. The van der Waals surface area contributed by atoms with Crippen LogP contribution in [0.4, 0.5) is 5.69 Å². The minimum Gasteiger partial charge on any atom is -0.497 e. The lowest BCUT2D eigenvalue weighted by atomic mass is 10.2. The molecule has 0 saturated heterocycles. The maximum absolute atomic E-state index is 11.9. The summed E-state index contributed by atoms with van der Waals surface area (Å²) >= 11 is 0. The fourth-order valence-electron chi connectivity index (χ4n) is 2.03. The van der Waals surface area contributed by atoms with Crippen molar-refractivity contribution in [3.8, 4) is 5.75 Å². The molecule has 0 aliphatic carbocycles. The predicted octanol–water partition coefficient (Wildman–Crippen LogP) is 2.67. The van der Waals surface area contributed by atoms with E-state index in [1.165, 1.54) is 6.92 Å². The number of anilines is 1. The van der Waals surface area contributed by atoms with Crippen LogP contribution in [0.5, 0.6) is 5.75 Å². The van der Waals surface area contributed by atoms with Gasteiger partial charge >= 0.3 is 0 Å². The Morgan fingerprint density at radius 2 is 1.90 bits per heavy atom. The van der Waals surface area contributed by atoms with E-state index in [9.17, 15) is 9.59 Å². The maximum Gasteiger partial charge on any atom is 0.226 e. The van der Waals surface area contributed by atoms with E-state index in [2.05, 4.69) is 5.32 Å². The molecule has 5 nitrogen and oxygen atoms in total. The van der Waals surface area contributed by atoms with Crippen molar-refractivity contribution in [3.63, 3.8) is 0 Å². The lowest BCUT2D eigenvalue weighted by molar-refractivity contribution is -0.131. The van der Waals surface area contributed by atoms with Crippen molar-refractivity contribution < 1.29 is 14.3 Å². The third-order valence-electron chi connectivity index (χ3n) is 3.48. The molecule has 0 radical (unpaired) electrons. The number of nitrogens with one attached hydrogen (secondary N) is 1. The Labute approximate surface area is 126 Å². The molecular weight excluding hydrogens is 268 g/mol. The van der Waals surface area contributed by atoms with Gasteiger partial charge in [0.05, 0.1) is 7.11 Å². The molecule has 1 aromatic rings. The molecule has 5 heteroatoms. The molecule has 0 heterocycles. The van der Waals surface area contributed by atoms with Crippen LogP contribution < -0.4 is 10.1 Å². The van der Waals surface area contributed by atoms with Crippen LogP contribution >= 0.6 is 0 Å². The Hall–Kier alpha value is -2.04. The van der Waals surface area contributed by atoms with E-state index in [0.29, 0.717) is 6.54 Å². The van der Waals surface area contributed by atoms with Gasteiger partial charge in [0.15, 0.2) is 0 Å². The summed E-state index contributed by atoms with van der Waals surface area (Å²) in [7, 11) is 1.60. The first kappa shape index (κ1) is 17.0. The van der Waals surface area contributed by atoms with Gasteiger partial charge in [-0.3, -0.25) is 9.59 Å². The fourth-order valence-corrected chi connectivity index (χ4v) is 2.03. The number of ether oxygens (including phenoxy) is 1. The molecule has 1 aromatic carbocycles. The highest BCUT2D eigenvalue weighted by Gasteiger charge is 2.16.